The van der Waals surface area contributed by atoms with E-state index in [2.05, 4.69) is 0 Å². The predicted octanol–water partition coefficient (Wildman–Crippen LogP) is 4.24. The van der Waals surface area contributed by atoms with E-state index in [9.17, 15) is 0 Å². The molecule has 0 aliphatic heterocycles. The van der Waals surface area contributed by atoms with Crippen molar-refractivity contribution < 1.29 is 4.74 Å². The van der Waals surface area contributed by atoms with Gasteiger partial charge in [0.1, 0.15) is 5.75 Å². The van der Waals surface area contributed by atoms with Gasteiger partial charge < -0.3 is 4.74 Å². The average Bonchev–Trinajstić information content (AvgIpc) is 2.27. The van der Waals surface area contributed by atoms with E-state index in [4.69, 9.17) is 27.9 Å². The molecule has 2 aromatic rings. The molecule has 0 saturated carbocycles. The molecule has 3 heteroatoms. The molecule has 0 aromatic heterocycles. The summed E-state index contributed by atoms with van der Waals surface area (Å²) in [6, 6.07) is 9.74. The number of ether oxygens (including phenoxy) is 1. The molecule has 0 aliphatic rings. The quantitative estimate of drug-likeness (QED) is 0.714. The van der Waals surface area contributed by atoms with Crippen LogP contribution in [0.1, 0.15) is 5.56 Å². The summed E-state index contributed by atoms with van der Waals surface area (Å²) in [7, 11) is 1.65. The molecule has 78 valence electrons. The Morgan fingerprint density at radius 1 is 1.13 bits per heavy atom. The summed E-state index contributed by atoms with van der Waals surface area (Å²) in [5.41, 5.74) is 0.980. The van der Waals surface area contributed by atoms with Crippen molar-refractivity contribution >= 4 is 34.0 Å². The molecule has 0 aliphatic carbocycles. The van der Waals surface area contributed by atoms with Gasteiger partial charge in [-0.05, 0) is 35.0 Å². The van der Waals surface area contributed by atoms with Crippen LogP contribution in [0.25, 0.3) is 10.8 Å². The first-order valence-corrected chi connectivity index (χ1v) is 5.48. The van der Waals surface area contributed by atoms with E-state index in [1.54, 1.807) is 7.11 Å². The van der Waals surface area contributed by atoms with Crippen LogP contribution in [0, 0.1) is 0 Å². The minimum Gasteiger partial charge on any atom is -0.496 e. The molecule has 2 rings (SSSR count). The van der Waals surface area contributed by atoms with E-state index < -0.39 is 0 Å². The Morgan fingerprint density at radius 2 is 1.93 bits per heavy atom. The molecule has 0 N–H and O–H groups in total. The number of hydrogen-bond acceptors (Lipinski definition) is 1. The maximum absolute atomic E-state index is 5.92. The molecule has 2 aromatic carbocycles. The average molecular weight is 241 g/mol. The van der Waals surface area contributed by atoms with Gasteiger partial charge in [0.25, 0.3) is 0 Å². The normalized spacial score (nSPS) is 10.6. The number of hydrogen-bond donors (Lipinski definition) is 0. The number of rotatable bonds is 2. The fraction of sp³-hybridized carbons (Fsp3) is 0.167. The maximum atomic E-state index is 5.92. The van der Waals surface area contributed by atoms with Crippen LogP contribution in [0.3, 0.4) is 0 Å². The van der Waals surface area contributed by atoms with Gasteiger partial charge in [-0.15, -0.1) is 11.6 Å². The highest BCUT2D eigenvalue weighted by Gasteiger charge is 2.04. The standard InChI is InChI=1S/C12H10Cl2O/c1-15-12-6-8-2-3-11(14)5-9(8)4-10(12)7-13/h2-6H,7H2,1H3. The molecule has 0 atom stereocenters. The predicted molar refractivity (Wildman–Crippen MR) is 65.1 cm³/mol. The van der Waals surface area contributed by atoms with Gasteiger partial charge in [0, 0.05) is 10.6 Å². The second-order valence-corrected chi connectivity index (χ2v) is 3.99. The van der Waals surface area contributed by atoms with Gasteiger partial charge in [0.05, 0.1) is 13.0 Å². The molecular weight excluding hydrogens is 231 g/mol. The fourth-order valence-corrected chi connectivity index (χ4v) is 1.98. The monoisotopic (exact) mass is 240 g/mol. The third-order valence-electron chi connectivity index (χ3n) is 2.35. The Balaban J connectivity index is 2.69. The van der Waals surface area contributed by atoms with E-state index in [0.717, 1.165) is 27.1 Å². The molecule has 0 spiro atoms. The van der Waals surface area contributed by atoms with Crippen LogP contribution >= 0.6 is 23.2 Å². The third-order valence-corrected chi connectivity index (χ3v) is 2.87. The van der Waals surface area contributed by atoms with Crippen molar-refractivity contribution in [3.8, 4) is 5.75 Å². The molecule has 0 saturated heterocycles. The first-order chi connectivity index (χ1) is 7.24. The highest BCUT2D eigenvalue weighted by Crippen LogP contribution is 2.28. The Hall–Kier alpha value is -0.920. The van der Waals surface area contributed by atoms with Crippen LogP contribution in [-0.2, 0) is 5.88 Å². The summed E-state index contributed by atoms with van der Waals surface area (Å²) in [6.45, 7) is 0. The Kier molecular flexibility index (Phi) is 3.03. The Labute approximate surface area is 98.6 Å². The van der Waals surface area contributed by atoms with Gasteiger partial charge in [-0.2, -0.15) is 0 Å². The molecule has 0 heterocycles. The first kappa shape index (κ1) is 10.6. The zero-order valence-corrected chi connectivity index (χ0v) is 9.77. The fourth-order valence-electron chi connectivity index (χ4n) is 1.59. The van der Waals surface area contributed by atoms with Crippen molar-refractivity contribution in [1.82, 2.24) is 0 Å². The molecule has 0 amide bonds. The summed E-state index contributed by atoms with van der Waals surface area (Å²) < 4.78 is 5.26. The van der Waals surface area contributed by atoms with E-state index in [-0.39, 0.29) is 0 Å². The first-order valence-electron chi connectivity index (χ1n) is 4.56. The lowest BCUT2D eigenvalue weighted by atomic mass is 10.1. The highest BCUT2D eigenvalue weighted by molar-refractivity contribution is 6.31. The lowest BCUT2D eigenvalue weighted by Crippen LogP contribution is -1.89. The Morgan fingerprint density at radius 3 is 2.60 bits per heavy atom. The maximum Gasteiger partial charge on any atom is 0.123 e. The Bertz CT molecular complexity index is 494. The van der Waals surface area contributed by atoms with Gasteiger partial charge in [-0.1, -0.05) is 17.7 Å². The van der Waals surface area contributed by atoms with Gasteiger partial charge in [-0.25, -0.2) is 0 Å². The van der Waals surface area contributed by atoms with Crippen LogP contribution in [0.5, 0.6) is 5.75 Å². The summed E-state index contributed by atoms with van der Waals surface area (Å²) in [6.07, 6.45) is 0. The van der Waals surface area contributed by atoms with Gasteiger partial charge in [0.15, 0.2) is 0 Å². The van der Waals surface area contributed by atoms with Crippen LogP contribution in [0.15, 0.2) is 30.3 Å². The molecule has 15 heavy (non-hydrogen) atoms. The van der Waals surface area contributed by atoms with E-state index >= 15 is 0 Å². The summed E-state index contributed by atoms with van der Waals surface area (Å²) in [5.74, 6) is 1.26. The van der Waals surface area contributed by atoms with Crippen molar-refractivity contribution in [2.45, 2.75) is 5.88 Å². The van der Waals surface area contributed by atoms with Crippen LogP contribution in [-0.4, -0.2) is 7.11 Å². The zero-order chi connectivity index (χ0) is 10.8. The smallest absolute Gasteiger partial charge is 0.123 e. The molecule has 0 unspecified atom stereocenters. The summed E-state index contributed by atoms with van der Waals surface area (Å²) >= 11 is 11.8. The number of fused-ring (bicyclic) bond motifs is 1. The third kappa shape index (κ3) is 2.04. The second-order valence-electron chi connectivity index (χ2n) is 3.29. The lowest BCUT2D eigenvalue weighted by molar-refractivity contribution is 0.412. The molecular formula is C12H10Cl2O. The largest absolute Gasteiger partial charge is 0.496 e. The summed E-state index contributed by atoms with van der Waals surface area (Å²) in [5, 5.41) is 2.91. The van der Waals surface area contributed by atoms with Crippen molar-refractivity contribution in [3.05, 3.63) is 40.9 Å². The number of methoxy groups -OCH3 is 1. The zero-order valence-electron chi connectivity index (χ0n) is 8.26. The summed E-state index contributed by atoms with van der Waals surface area (Å²) in [4.78, 5) is 0. The lowest BCUT2D eigenvalue weighted by Gasteiger charge is -2.08. The van der Waals surface area contributed by atoms with Crippen molar-refractivity contribution in [2.24, 2.45) is 0 Å². The van der Waals surface area contributed by atoms with Crippen LogP contribution in [0.2, 0.25) is 5.02 Å². The highest BCUT2D eigenvalue weighted by atomic mass is 35.5. The van der Waals surface area contributed by atoms with Crippen LogP contribution < -0.4 is 4.74 Å². The van der Waals surface area contributed by atoms with Crippen molar-refractivity contribution in [3.63, 3.8) is 0 Å². The van der Waals surface area contributed by atoms with Gasteiger partial charge in [-0.3, -0.25) is 0 Å². The van der Waals surface area contributed by atoms with E-state index in [1.165, 1.54) is 0 Å². The van der Waals surface area contributed by atoms with Crippen LogP contribution in [0.4, 0.5) is 0 Å². The number of benzene rings is 2. The minimum absolute atomic E-state index is 0.436. The molecule has 0 radical (unpaired) electrons. The molecule has 0 bridgehead atoms. The number of alkyl halides is 1. The van der Waals surface area contributed by atoms with E-state index in [1.807, 2.05) is 30.3 Å². The molecule has 0 fully saturated rings. The van der Waals surface area contributed by atoms with Gasteiger partial charge in [0.2, 0.25) is 0 Å². The van der Waals surface area contributed by atoms with Crippen molar-refractivity contribution in [2.75, 3.05) is 7.11 Å². The topological polar surface area (TPSA) is 9.23 Å². The number of halogens is 2. The van der Waals surface area contributed by atoms with Crippen molar-refractivity contribution in [1.29, 1.82) is 0 Å². The minimum atomic E-state index is 0.436. The van der Waals surface area contributed by atoms with E-state index in [0.29, 0.717) is 5.88 Å². The molecule has 1 nitrogen and oxygen atoms in total. The SMILES string of the molecule is COc1cc2ccc(Cl)cc2cc1CCl. The van der Waals surface area contributed by atoms with Gasteiger partial charge >= 0.3 is 0 Å². The second kappa shape index (κ2) is 4.30.